The molecule has 2 aliphatic heterocycles. The zero-order valence-corrected chi connectivity index (χ0v) is 17.0. The molecule has 7 heteroatoms. The van der Waals surface area contributed by atoms with Crippen molar-refractivity contribution in [3.05, 3.63) is 34.2 Å². The number of amides is 2. The van der Waals surface area contributed by atoms with Gasteiger partial charge in [-0.05, 0) is 44.6 Å². The van der Waals surface area contributed by atoms with Crippen molar-refractivity contribution in [3.63, 3.8) is 0 Å². The second kappa shape index (κ2) is 8.69. The topological polar surface area (TPSA) is 91.5 Å². The first-order chi connectivity index (χ1) is 14.0. The number of rotatable bonds is 4. The quantitative estimate of drug-likeness (QED) is 0.809. The summed E-state index contributed by atoms with van der Waals surface area (Å²) in [6.45, 7) is 1.90. The predicted octanol–water partition coefficient (Wildman–Crippen LogP) is 2.23. The number of nitrogens with zero attached hydrogens (tertiary/aromatic N) is 1. The molecule has 0 radical (unpaired) electrons. The van der Waals surface area contributed by atoms with E-state index < -0.39 is 0 Å². The molecule has 1 unspecified atom stereocenters. The molecule has 0 bridgehead atoms. The molecule has 1 spiro atoms. The molecule has 7 nitrogen and oxygen atoms in total. The van der Waals surface area contributed by atoms with E-state index in [4.69, 9.17) is 4.74 Å². The van der Waals surface area contributed by atoms with Gasteiger partial charge < -0.3 is 19.9 Å². The Morgan fingerprint density at radius 2 is 1.86 bits per heavy atom. The number of ether oxygens (including phenoxy) is 1. The van der Waals surface area contributed by atoms with Crippen molar-refractivity contribution < 1.29 is 14.3 Å². The monoisotopic (exact) mass is 401 g/mol. The number of aromatic amines is 1. The average Bonchev–Trinajstić information content (AvgIpc) is 3.15. The van der Waals surface area contributed by atoms with Gasteiger partial charge >= 0.3 is 0 Å². The van der Waals surface area contributed by atoms with Gasteiger partial charge in [0, 0.05) is 37.8 Å². The molecule has 3 heterocycles. The highest BCUT2D eigenvalue weighted by Crippen LogP contribution is 2.39. The van der Waals surface area contributed by atoms with Crippen LogP contribution in [-0.2, 0) is 9.53 Å². The Morgan fingerprint density at radius 3 is 2.55 bits per heavy atom. The Morgan fingerprint density at radius 1 is 1.10 bits per heavy atom. The third kappa shape index (κ3) is 4.71. The number of piperidine rings is 1. The summed E-state index contributed by atoms with van der Waals surface area (Å²) in [5, 5.41) is 3.11. The number of aromatic nitrogens is 1. The molecular weight excluding hydrogens is 370 g/mol. The number of nitrogens with one attached hydrogen (secondary N) is 2. The van der Waals surface area contributed by atoms with Gasteiger partial charge in [-0.25, -0.2) is 0 Å². The maximum atomic E-state index is 12.6. The number of carbonyl (C=O) groups excluding carboxylic acids is 2. The van der Waals surface area contributed by atoms with E-state index in [9.17, 15) is 14.4 Å². The summed E-state index contributed by atoms with van der Waals surface area (Å²) < 4.78 is 6.38. The van der Waals surface area contributed by atoms with Crippen LogP contribution in [-0.4, -0.2) is 53.0 Å². The predicted molar refractivity (Wildman–Crippen MR) is 109 cm³/mol. The fourth-order valence-electron chi connectivity index (χ4n) is 4.97. The number of pyridine rings is 1. The summed E-state index contributed by atoms with van der Waals surface area (Å²) in [6, 6.07) is 2.95. The third-order valence-electron chi connectivity index (χ3n) is 6.81. The van der Waals surface area contributed by atoms with Crippen molar-refractivity contribution in [3.8, 4) is 0 Å². The summed E-state index contributed by atoms with van der Waals surface area (Å²) in [4.78, 5) is 40.6. The molecule has 1 aromatic rings. The number of hydrogen-bond acceptors (Lipinski definition) is 4. The smallest absolute Gasteiger partial charge is 0.255 e. The molecule has 1 atom stereocenters. The normalized spacial score (nSPS) is 24.6. The molecule has 4 rings (SSSR count). The van der Waals surface area contributed by atoms with Crippen molar-refractivity contribution in [1.29, 1.82) is 0 Å². The van der Waals surface area contributed by atoms with E-state index in [0.717, 1.165) is 51.4 Å². The van der Waals surface area contributed by atoms with Gasteiger partial charge in [0.1, 0.15) is 0 Å². The average molecular weight is 402 g/mol. The SMILES string of the molecule is O=C(NCC1CCC2(CCN(C(=O)c3ccc(=O)[nH]c3)CC2)O1)C1CCCCC1. The number of carbonyl (C=O) groups is 2. The highest BCUT2D eigenvalue weighted by Gasteiger charge is 2.43. The Hall–Kier alpha value is -2.15. The standard InChI is InChI=1S/C22H31N3O4/c26-19-7-6-17(14-23-19)21(28)25-12-10-22(11-13-25)9-8-18(29-22)15-24-20(27)16-4-2-1-3-5-16/h6-7,14,16,18H,1-5,8-13,15H2,(H,23,26)(H,24,27). The molecule has 3 fully saturated rings. The first kappa shape index (κ1) is 20.1. The number of H-pyrrole nitrogens is 1. The molecule has 3 aliphatic rings. The van der Waals surface area contributed by atoms with Gasteiger partial charge in [0.05, 0.1) is 17.3 Å². The lowest BCUT2D eigenvalue weighted by Crippen LogP contribution is -2.47. The summed E-state index contributed by atoms with van der Waals surface area (Å²) in [5.41, 5.74) is 0.137. The third-order valence-corrected chi connectivity index (χ3v) is 6.81. The van der Waals surface area contributed by atoms with Crippen LogP contribution in [0.1, 0.15) is 68.1 Å². The van der Waals surface area contributed by atoms with Gasteiger partial charge in [0.2, 0.25) is 11.5 Å². The van der Waals surface area contributed by atoms with E-state index in [0.29, 0.717) is 25.2 Å². The molecule has 2 N–H and O–H groups in total. The van der Waals surface area contributed by atoms with E-state index in [2.05, 4.69) is 10.3 Å². The van der Waals surface area contributed by atoms with E-state index in [1.807, 2.05) is 4.90 Å². The van der Waals surface area contributed by atoms with Crippen LogP contribution in [0.2, 0.25) is 0 Å². The van der Waals surface area contributed by atoms with E-state index in [-0.39, 0.29) is 35.0 Å². The molecule has 0 aromatic carbocycles. The molecule has 2 amide bonds. The Bertz CT molecular complexity index is 771. The summed E-state index contributed by atoms with van der Waals surface area (Å²) in [5.74, 6) is 0.322. The number of likely N-dealkylation sites (tertiary alicyclic amines) is 1. The summed E-state index contributed by atoms with van der Waals surface area (Å²) in [7, 11) is 0. The highest BCUT2D eigenvalue weighted by molar-refractivity contribution is 5.93. The minimum absolute atomic E-state index is 0.0506. The minimum atomic E-state index is -0.208. The van der Waals surface area contributed by atoms with Gasteiger partial charge in [-0.3, -0.25) is 14.4 Å². The Kier molecular flexibility index (Phi) is 6.04. The van der Waals surface area contributed by atoms with Crippen molar-refractivity contribution >= 4 is 11.8 Å². The lowest BCUT2D eigenvalue weighted by Gasteiger charge is -2.39. The fraction of sp³-hybridized carbons (Fsp3) is 0.682. The molecule has 1 aromatic heterocycles. The maximum Gasteiger partial charge on any atom is 0.255 e. The van der Waals surface area contributed by atoms with Gasteiger partial charge in [-0.1, -0.05) is 19.3 Å². The van der Waals surface area contributed by atoms with Crippen LogP contribution in [0.3, 0.4) is 0 Å². The van der Waals surface area contributed by atoms with E-state index >= 15 is 0 Å². The summed E-state index contributed by atoms with van der Waals surface area (Å²) in [6.07, 6.45) is 10.7. The van der Waals surface area contributed by atoms with Gasteiger partial charge in [-0.15, -0.1) is 0 Å². The number of hydrogen-bond donors (Lipinski definition) is 2. The maximum absolute atomic E-state index is 12.6. The molecule has 1 saturated carbocycles. The van der Waals surface area contributed by atoms with Gasteiger partial charge in [0.25, 0.3) is 5.91 Å². The lowest BCUT2D eigenvalue weighted by molar-refractivity contribution is -0.127. The van der Waals surface area contributed by atoms with Gasteiger partial charge in [-0.2, -0.15) is 0 Å². The second-order valence-electron chi connectivity index (χ2n) is 8.78. The van der Waals surface area contributed by atoms with E-state index in [1.54, 1.807) is 6.07 Å². The largest absolute Gasteiger partial charge is 0.370 e. The zero-order valence-electron chi connectivity index (χ0n) is 17.0. The van der Waals surface area contributed by atoms with Crippen molar-refractivity contribution in [2.75, 3.05) is 19.6 Å². The molecule has 158 valence electrons. The highest BCUT2D eigenvalue weighted by atomic mass is 16.5. The van der Waals surface area contributed by atoms with E-state index in [1.165, 1.54) is 18.7 Å². The molecule has 1 aliphatic carbocycles. The molecular formula is C22H31N3O4. The van der Waals surface area contributed by atoms with Crippen molar-refractivity contribution in [2.45, 2.75) is 69.5 Å². The van der Waals surface area contributed by atoms with Crippen LogP contribution in [0.5, 0.6) is 0 Å². The van der Waals surface area contributed by atoms with Crippen LogP contribution in [0.15, 0.2) is 23.1 Å². The van der Waals surface area contributed by atoms with Crippen LogP contribution in [0.25, 0.3) is 0 Å². The summed E-state index contributed by atoms with van der Waals surface area (Å²) >= 11 is 0. The van der Waals surface area contributed by atoms with Crippen molar-refractivity contribution in [1.82, 2.24) is 15.2 Å². The Balaban J connectivity index is 1.24. The fourth-order valence-corrected chi connectivity index (χ4v) is 4.97. The van der Waals surface area contributed by atoms with Crippen LogP contribution >= 0.6 is 0 Å². The first-order valence-corrected chi connectivity index (χ1v) is 11.0. The van der Waals surface area contributed by atoms with Crippen LogP contribution in [0, 0.1) is 5.92 Å². The van der Waals surface area contributed by atoms with Crippen LogP contribution < -0.4 is 10.9 Å². The lowest BCUT2D eigenvalue weighted by atomic mass is 9.88. The van der Waals surface area contributed by atoms with Crippen LogP contribution in [0.4, 0.5) is 0 Å². The molecule has 2 saturated heterocycles. The van der Waals surface area contributed by atoms with Crippen molar-refractivity contribution in [2.24, 2.45) is 5.92 Å². The minimum Gasteiger partial charge on any atom is -0.370 e. The zero-order chi connectivity index (χ0) is 20.3. The van der Waals surface area contributed by atoms with Gasteiger partial charge in [0.15, 0.2) is 0 Å². The first-order valence-electron chi connectivity index (χ1n) is 11.0. The Labute approximate surface area is 171 Å². The second-order valence-corrected chi connectivity index (χ2v) is 8.78. The molecule has 29 heavy (non-hydrogen) atoms.